The molecule has 1 spiro atoms. The molecule has 3 aliphatic rings. The summed E-state index contributed by atoms with van der Waals surface area (Å²) in [6, 6.07) is 70.2. The van der Waals surface area contributed by atoms with Crippen LogP contribution in [0, 0.1) is 22.7 Å². The molecular formula is C61H33N7OS. The predicted octanol–water partition coefficient (Wildman–Crippen LogP) is 14.8. The zero-order valence-corrected chi connectivity index (χ0v) is 37.8. The van der Waals surface area contributed by atoms with Crippen molar-refractivity contribution in [2.45, 2.75) is 15.2 Å². The number of nitrogens with zero attached hydrogens (tertiary/aromatic N) is 7. The average molecular weight is 912 g/mol. The van der Waals surface area contributed by atoms with E-state index in [1.165, 1.54) is 0 Å². The van der Waals surface area contributed by atoms with E-state index in [2.05, 4.69) is 166 Å². The van der Waals surface area contributed by atoms with Crippen LogP contribution in [0.5, 0.6) is 11.5 Å². The molecule has 1 aliphatic carbocycles. The summed E-state index contributed by atoms with van der Waals surface area (Å²) in [4.78, 5) is 14.8. The van der Waals surface area contributed by atoms with Gasteiger partial charge in [0.05, 0.1) is 85.4 Å². The van der Waals surface area contributed by atoms with Crippen LogP contribution >= 0.6 is 11.8 Å². The van der Waals surface area contributed by atoms with E-state index >= 15 is 0 Å². The van der Waals surface area contributed by atoms with E-state index in [-0.39, 0.29) is 0 Å². The largest absolute Gasteiger partial charge is 0.457 e. The molecule has 0 amide bonds. The highest BCUT2D eigenvalue weighted by molar-refractivity contribution is 7.99. The number of ether oxygens (including phenoxy) is 1. The molecule has 0 N–H and O–H groups in total. The smallest absolute Gasteiger partial charge is 0.134 e. The van der Waals surface area contributed by atoms with Gasteiger partial charge in [0.15, 0.2) is 0 Å². The van der Waals surface area contributed by atoms with Gasteiger partial charge in [0.2, 0.25) is 0 Å². The van der Waals surface area contributed by atoms with Gasteiger partial charge in [-0.1, -0.05) is 90.6 Å². The number of anilines is 3. The molecule has 6 heterocycles. The Morgan fingerprint density at radius 2 is 1.07 bits per heavy atom. The number of aromatic nitrogens is 4. The highest BCUT2D eigenvalue weighted by atomic mass is 32.2. The van der Waals surface area contributed by atoms with Gasteiger partial charge >= 0.3 is 0 Å². The Labute approximate surface area is 405 Å². The monoisotopic (exact) mass is 911 g/mol. The number of para-hydroxylation sites is 4. The van der Waals surface area contributed by atoms with Crippen molar-refractivity contribution in [3.05, 3.63) is 234 Å². The van der Waals surface area contributed by atoms with Crippen LogP contribution in [0.2, 0.25) is 0 Å². The van der Waals surface area contributed by atoms with Gasteiger partial charge in [0, 0.05) is 71.7 Å². The van der Waals surface area contributed by atoms with E-state index in [9.17, 15) is 10.5 Å². The maximum absolute atomic E-state index is 9.88. The lowest BCUT2D eigenvalue weighted by Crippen LogP contribution is -2.32. The van der Waals surface area contributed by atoms with Gasteiger partial charge in [-0.15, -0.1) is 0 Å². The molecule has 9 heteroatoms. The minimum absolute atomic E-state index is 0.619. The SMILES string of the molecule is N#Cc1ccc2c(c1)Sc1ccccc1N2c1ccc2c(c1)c1ccccc1n2-c1ccc2c(c1)Oc1ccccc1C21c2cccnc2-c2ncc(-n3c4ccccc4c4cc(C#N)ccc43)cc21. The van der Waals surface area contributed by atoms with Gasteiger partial charge < -0.3 is 18.8 Å². The minimum atomic E-state index is -0.819. The van der Waals surface area contributed by atoms with Gasteiger partial charge in [-0.25, -0.2) is 0 Å². The molecule has 0 saturated carbocycles. The summed E-state index contributed by atoms with van der Waals surface area (Å²) < 4.78 is 11.7. The molecule has 324 valence electrons. The van der Waals surface area contributed by atoms with Crippen molar-refractivity contribution in [3.8, 4) is 46.4 Å². The molecule has 4 aromatic heterocycles. The highest BCUT2D eigenvalue weighted by Crippen LogP contribution is 2.62. The van der Waals surface area contributed by atoms with Crippen molar-refractivity contribution in [1.29, 1.82) is 10.5 Å². The van der Waals surface area contributed by atoms with Crippen LogP contribution in [0.1, 0.15) is 33.4 Å². The Kier molecular flexibility index (Phi) is 7.90. The lowest BCUT2D eigenvalue weighted by Gasteiger charge is -2.39. The average Bonchev–Trinajstić information content (AvgIpc) is 4.03. The first-order chi connectivity index (χ1) is 34.6. The van der Waals surface area contributed by atoms with Gasteiger partial charge in [-0.05, 0) is 109 Å². The van der Waals surface area contributed by atoms with E-state index in [0.29, 0.717) is 11.1 Å². The normalized spacial score (nSPS) is 14.9. The summed E-state index contributed by atoms with van der Waals surface area (Å²) in [5.41, 5.74) is 15.5. The first-order valence-electron chi connectivity index (χ1n) is 23.1. The van der Waals surface area contributed by atoms with Crippen molar-refractivity contribution < 1.29 is 4.74 Å². The fourth-order valence-corrected chi connectivity index (χ4v) is 12.7. The zero-order chi connectivity index (χ0) is 46.2. The maximum atomic E-state index is 9.88. The Morgan fingerprint density at radius 3 is 1.91 bits per heavy atom. The second-order valence-corrected chi connectivity index (χ2v) is 19.1. The molecule has 12 aromatic rings. The quantitative estimate of drug-likeness (QED) is 0.174. The predicted molar refractivity (Wildman–Crippen MR) is 276 cm³/mol. The topological polar surface area (TPSA) is 95.7 Å². The summed E-state index contributed by atoms with van der Waals surface area (Å²) in [6.45, 7) is 0. The fourth-order valence-electron chi connectivity index (χ4n) is 11.6. The number of rotatable bonds is 3. The van der Waals surface area contributed by atoms with E-state index in [0.717, 1.165) is 127 Å². The summed E-state index contributed by atoms with van der Waals surface area (Å²) >= 11 is 1.70. The van der Waals surface area contributed by atoms with Gasteiger partial charge in [0.1, 0.15) is 11.5 Å². The summed E-state index contributed by atoms with van der Waals surface area (Å²) in [7, 11) is 0. The van der Waals surface area contributed by atoms with Gasteiger partial charge in [-0.2, -0.15) is 10.5 Å². The summed E-state index contributed by atoms with van der Waals surface area (Å²) in [5, 5.41) is 24.0. The van der Waals surface area contributed by atoms with Crippen molar-refractivity contribution in [3.63, 3.8) is 0 Å². The molecule has 0 bridgehead atoms. The minimum Gasteiger partial charge on any atom is -0.457 e. The number of hydrogen-bond donors (Lipinski definition) is 0. The maximum Gasteiger partial charge on any atom is 0.134 e. The Hall–Kier alpha value is -9.41. The molecule has 1 atom stereocenters. The van der Waals surface area contributed by atoms with Crippen molar-refractivity contribution >= 4 is 72.4 Å². The molecule has 8 nitrogen and oxygen atoms in total. The van der Waals surface area contributed by atoms with E-state index in [1.807, 2.05) is 60.9 Å². The third kappa shape index (κ3) is 5.13. The molecule has 70 heavy (non-hydrogen) atoms. The van der Waals surface area contributed by atoms with Crippen LogP contribution in [0.25, 0.3) is 66.4 Å². The Balaban J connectivity index is 0.936. The molecule has 0 saturated heterocycles. The molecule has 0 radical (unpaired) electrons. The molecule has 1 unspecified atom stereocenters. The fraction of sp³-hybridized carbons (Fsp3) is 0.0164. The van der Waals surface area contributed by atoms with Crippen LogP contribution in [0.4, 0.5) is 17.1 Å². The molecule has 15 rings (SSSR count). The molecule has 0 fully saturated rings. The second kappa shape index (κ2) is 14.3. The van der Waals surface area contributed by atoms with Gasteiger partial charge in [0.25, 0.3) is 0 Å². The van der Waals surface area contributed by atoms with E-state index < -0.39 is 5.41 Å². The third-order valence-electron chi connectivity index (χ3n) is 14.5. The Morgan fingerprint density at radius 1 is 0.443 bits per heavy atom. The first kappa shape index (κ1) is 38.7. The molecule has 8 aromatic carbocycles. The van der Waals surface area contributed by atoms with Gasteiger partial charge in [-0.3, -0.25) is 9.97 Å². The van der Waals surface area contributed by atoms with E-state index in [1.54, 1.807) is 11.8 Å². The molecule has 2 aliphatic heterocycles. The zero-order valence-electron chi connectivity index (χ0n) is 37.0. The third-order valence-corrected chi connectivity index (χ3v) is 15.6. The second-order valence-electron chi connectivity index (χ2n) is 18.0. The highest BCUT2D eigenvalue weighted by Gasteiger charge is 2.52. The van der Waals surface area contributed by atoms with Crippen molar-refractivity contribution in [2.75, 3.05) is 4.90 Å². The van der Waals surface area contributed by atoms with Crippen LogP contribution < -0.4 is 9.64 Å². The lowest BCUT2D eigenvalue weighted by atomic mass is 9.66. The van der Waals surface area contributed by atoms with E-state index in [4.69, 9.17) is 14.7 Å². The van der Waals surface area contributed by atoms with Crippen LogP contribution in [0.15, 0.2) is 210 Å². The Bertz CT molecular complexity index is 4380. The van der Waals surface area contributed by atoms with Crippen LogP contribution in [0.3, 0.4) is 0 Å². The van der Waals surface area contributed by atoms with Crippen molar-refractivity contribution in [2.24, 2.45) is 0 Å². The number of fused-ring (bicyclic) bond motifs is 17. The molecular weight excluding hydrogens is 879 g/mol. The first-order valence-corrected chi connectivity index (χ1v) is 23.9. The lowest BCUT2D eigenvalue weighted by molar-refractivity contribution is 0.436. The number of benzene rings is 8. The summed E-state index contributed by atoms with van der Waals surface area (Å²) in [5.74, 6) is 1.53. The number of pyridine rings is 2. The number of hydrogen-bond acceptors (Lipinski definition) is 7. The van der Waals surface area contributed by atoms with Crippen molar-refractivity contribution in [1.82, 2.24) is 19.1 Å². The van der Waals surface area contributed by atoms with Crippen LogP contribution in [-0.2, 0) is 5.41 Å². The number of nitriles is 2. The summed E-state index contributed by atoms with van der Waals surface area (Å²) in [6.07, 6.45) is 3.81. The standard InChI is InChI=1S/C61H33N7OS/c62-33-36-19-24-51-43(28-36)41-10-1-5-15-50(41)68(51)40-31-48-60(65-35-40)59-47(13-9-27-64-59)61(48)45-12-3-7-17-55(45)69-56-32-39(21-23-46(56)61)66-49-14-4-2-11-42(49)44-30-38(22-26-52(44)66)67-53-16-6-8-18-57(53)70-58-29-37(34-63)20-25-54(58)67/h1-32,35H. The van der Waals surface area contributed by atoms with Crippen LogP contribution in [-0.4, -0.2) is 19.1 Å².